The molecule has 1 saturated heterocycles. The van der Waals surface area contributed by atoms with Crippen molar-refractivity contribution in [1.82, 2.24) is 15.2 Å². The van der Waals surface area contributed by atoms with Gasteiger partial charge in [0.15, 0.2) is 0 Å². The highest BCUT2D eigenvalue weighted by Gasteiger charge is 2.40. The van der Waals surface area contributed by atoms with Gasteiger partial charge in [0.1, 0.15) is 11.0 Å². The Hall–Kier alpha value is -1.43. The first kappa shape index (κ1) is 12.6. The number of carbonyl (C=O) groups excluding carboxylic acids is 2. The highest BCUT2D eigenvalue weighted by Crippen LogP contribution is 2.34. The van der Waals surface area contributed by atoms with Gasteiger partial charge in [-0.15, -0.1) is 11.3 Å². The van der Waals surface area contributed by atoms with E-state index in [9.17, 15) is 9.59 Å². The van der Waals surface area contributed by atoms with Crippen LogP contribution in [0.25, 0.3) is 0 Å². The number of hydrogen-bond acceptors (Lipinski definition) is 4. The summed E-state index contributed by atoms with van der Waals surface area (Å²) in [4.78, 5) is 31.4. The molecule has 1 aliphatic heterocycles. The quantitative estimate of drug-likeness (QED) is 0.900. The van der Waals surface area contributed by atoms with Crippen molar-refractivity contribution in [3.05, 3.63) is 16.1 Å². The van der Waals surface area contributed by atoms with Crippen LogP contribution in [-0.2, 0) is 16.1 Å². The molecule has 1 atom stereocenters. The summed E-state index contributed by atoms with van der Waals surface area (Å²) < 4.78 is 0. The molecule has 102 valence electrons. The van der Waals surface area contributed by atoms with Gasteiger partial charge < -0.3 is 10.2 Å². The molecule has 0 bridgehead atoms. The number of thiazole rings is 1. The van der Waals surface area contributed by atoms with Crippen LogP contribution >= 0.6 is 11.3 Å². The molecule has 2 heterocycles. The minimum Gasteiger partial charge on any atom is -0.344 e. The monoisotopic (exact) mass is 279 g/mol. The van der Waals surface area contributed by atoms with Crippen LogP contribution in [0.3, 0.4) is 0 Å². The van der Waals surface area contributed by atoms with E-state index in [1.54, 1.807) is 16.2 Å². The number of amides is 2. The van der Waals surface area contributed by atoms with E-state index in [0.29, 0.717) is 25.4 Å². The standard InChI is InChI=1S/C13H17N3O2S/c1-8-6-14-11(19-8)7-16-5-4-10(17)15-12(13(16)18)9-2-3-9/h6,9,12H,2-5,7H2,1H3,(H,15,17). The molecular formula is C13H17N3O2S. The van der Waals surface area contributed by atoms with Crippen molar-refractivity contribution < 1.29 is 9.59 Å². The lowest BCUT2D eigenvalue weighted by atomic mass is 10.1. The first-order valence-electron chi connectivity index (χ1n) is 6.63. The molecule has 2 fully saturated rings. The van der Waals surface area contributed by atoms with Gasteiger partial charge in [0, 0.05) is 24.0 Å². The van der Waals surface area contributed by atoms with Gasteiger partial charge in [-0.25, -0.2) is 4.98 Å². The Balaban J connectivity index is 1.75. The zero-order valence-corrected chi connectivity index (χ0v) is 11.7. The number of carbonyl (C=O) groups is 2. The predicted molar refractivity (Wildman–Crippen MR) is 71.5 cm³/mol. The number of aromatic nitrogens is 1. The number of rotatable bonds is 3. The van der Waals surface area contributed by atoms with Gasteiger partial charge in [-0.1, -0.05) is 0 Å². The number of nitrogens with zero attached hydrogens (tertiary/aromatic N) is 2. The third-order valence-corrected chi connectivity index (χ3v) is 4.49. The molecular weight excluding hydrogens is 262 g/mol. The van der Waals surface area contributed by atoms with Gasteiger partial charge in [-0.05, 0) is 25.7 Å². The van der Waals surface area contributed by atoms with E-state index in [1.165, 1.54) is 0 Å². The smallest absolute Gasteiger partial charge is 0.245 e. The lowest BCUT2D eigenvalue weighted by Gasteiger charge is -2.22. The fraction of sp³-hybridized carbons (Fsp3) is 0.615. The van der Waals surface area contributed by atoms with E-state index in [4.69, 9.17) is 0 Å². The number of nitrogens with one attached hydrogen (secondary N) is 1. The largest absolute Gasteiger partial charge is 0.344 e. The highest BCUT2D eigenvalue weighted by molar-refractivity contribution is 7.11. The van der Waals surface area contributed by atoms with Crippen LogP contribution in [-0.4, -0.2) is 34.3 Å². The van der Waals surface area contributed by atoms with E-state index >= 15 is 0 Å². The fourth-order valence-electron chi connectivity index (χ4n) is 2.39. The molecule has 1 aromatic rings. The van der Waals surface area contributed by atoms with Crippen LogP contribution in [0.4, 0.5) is 0 Å². The molecule has 19 heavy (non-hydrogen) atoms. The van der Waals surface area contributed by atoms with Crippen molar-refractivity contribution >= 4 is 23.2 Å². The summed E-state index contributed by atoms with van der Waals surface area (Å²) in [6, 6.07) is -0.309. The summed E-state index contributed by atoms with van der Waals surface area (Å²) in [5.74, 6) is 0.388. The van der Waals surface area contributed by atoms with Crippen LogP contribution in [0.5, 0.6) is 0 Å². The molecule has 1 saturated carbocycles. The summed E-state index contributed by atoms with van der Waals surface area (Å²) in [6.07, 6.45) is 4.30. The third-order valence-electron chi connectivity index (χ3n) is 3.59. The molecule has 5 nitrogen and oxygen atoms in total. The van der Waals surface area contributed by atoms with Crippen LogP contribution in [0.2, 0.25) is 0 Å². The summed E-state index contributed by atoms with van der Waals surface area (Å²) in [5, 5.41) is 3.80. The van der Waals surface area contributed by atoms with Gasteiger partial charge >= 0.3 is 0 Å². The Kier molecular flexibility index (Phi) is 3.26. The van der Waals surface area contributed by atoms with E-state index in [2.05, 4.69) is 10.3 Å². The maximum Gasteiger partial charge on any atom is 0.245 e. The van der Waals surface area contributed by atoms with Crippen molar-refractivity contribution in [2.24, 2.45) is 5.92 Å². The minimum atomic E-state index is -0.309. The van der Waals surface area contributed by atoms with Crippen LogP contribution in [0, 0.1) is 12.8 Å². The minimum absolute atomic E-state index is 0.0110. The van der Waals surface area contributed by atoms with Crippen molar-refractivity contribution in [2.45, 2.75) is 38.8 Å². The van der Waals surface area contributed by atoms with Crippen molar-refractivity contribution in [3.63, 3.8) is 0 Å². The highest BCUT2D eigenvalue weighted by atomic mass is 32.1. The zero-order chi connectivity index (χ0) is 13.4. The SMILES string of the molecule is Cc1cnc(CN2CCC(=O)NC(C3CC3)C2=O)s1. The predicted octanol–water partition coefficient (Wildman–Crippen LogP) is 1.08. The molecule has 1 aromatic heterocycles. The summed E-state index contributed by atoms with van der Waals surface area (Å²) >= 11 is 1.61. The Morgan fingerprint density at radius 3 is 2.89 bits per heavy atom. The second-order valence-electron chi connectivity index (χ2n) is 5.26. The molecule has 2 aliphatic rings. The average molecular weight is 279 g/mol. The Bertz CT molecular complexity index is 510. The Morgan fingerprint density at radius 1 is 1.47 bits per heavy atom. The first-order valence-corrected chi connectivity index (χ1v) is 7.44. The van der Waals surface area contributed by atoms with Crippen molar-refractivity contribution in [1.29, 1.82) is 0 Å². The molecule has 6 heteroatoms. The van der Waals surface area contributed by atoms with Gasteiger partial charge in [0.2, 0.25) is 11.8 Å². The average Bonchev–Trinajstić information content (AvgIpc) is 3.14. The first-order chi connectivity index (χ1) is 9.13. The lowest BCUT2D eigenvalue weighted by molar-refractivity contribution is -0.134. The topological polar surface area (TPSA) is 62.3 Å². The summed E-state index contributed by atoms with van der Waals surface area (Å²) in [6.45, 7) is 3.02. The third kappa shape index (κ3) is 2.78. The molecule has 1 aliphatic carbocycles. The Labute approximate surface area is 116 Å². The normalized spacial score (nSPS) is 24.3. The second kappa shape index (κ2) is 4.92. The van der Waals surface area contributed by atoms with E-state index in [-0.39, 0.29) is 17.9 Å². The van der Waals surface area contributed by atoms with Gasteiger partial charge in [-0.2, -0.15) is 0 Å². The maximum absolute atomic E-state index is 12.5. The van der Waals surface area contributed by atoms with Gasteiger partial charge in [0.05, 0.1) is 6.54 Å². The van der Waals surface area contributed by atoms with Crippen LogP contribution in [0.15, 0.2) is 6.20 Å². The van der Waals surface area contributed by atoms with Crippen LogP contribution in [0.1, 0.15) is 29.1 Å². The lowest BCUT2D eigenvalue weighted by Crippen LogP contribution is -2.45. The number of hydrogen-bond donors (Lipinski definition) is 1. The molecule has 2 amide bonds. The van der Waals surface area contributed by atoms with Gasteiger partial charge in [-0.3, -0.25) is 9.59 Å². The maximum atomic E-state index is 12.5. The molecule has 0 spiro atoms. The molecule has 1 unspecified atom stereocenters. The molecule has 0 aromatic carbocycles. The Morgan fingerprint density at radius 2 is 2.26 bits per heavy atom. The zero-order valence-electron chi connectivity index (χ0n) is 10.9. The summed E-state index contributed by atoms with van der Waals surface area (Å²) in [7, 11) is 0. The van der Waals surface area contributed by atoms with E-state index in [1.807, 2.05) is 13.1 Å². The second-order valence-corrected chi connectivity index (χ2v) is 6.58. The van der Waals surface area contributed by atoms with Crippen molar-refractivity contribution in [3.8, 4) is 0 Å². The van der Waals surface area contributed by atoms with Crippen LogP contribution < -0.4 is 5.32 Å². The number of aryl methyl sites for hydroxylation is 1. The van der Waals surface area contributed by atoms with E-state index < -0.39 is 0 Å². The van der Waals surface area contributed by atoms with Crippen molar-refractivity contribution in [2.75, 3.05) is 6.54 Å². The fourth-order valence-corrected chi connectivity index (χ4v) is 3.20. The molecule has 0 radical (unpaired) electrons. The molecule has 1 N–H and O–H groups in total. The van der Waals surface area contributed by atoms with E-state index in [0.717, 1.165) is 22.7 Å². The summed E-state index contributed by atoms with van der Waals surface area (Å²) in [5.41, 5.74) is 0. The van der Waals surface area contributed by atoms with Gasteiger partial charge in [0.25, 0.3) is 0 Å². The molecule has 3 rings (SSSR count).